The highest BCUT2D eigenvalue weighted by Gasteiger charge is 2.16. The fraction of sp³-hybridized carbons (Fsp3) is 0.957. The van der Waals surface area contributed by atoms with Crippen molar-refractivity contribution in [3.8, 4) is 0 Å². The van der Waals surface area contributed by atoms with E-state index in [0.717, 1.165) is 12.8 Å². The Bertz CT molecular complexity index is 340. The van der Waals surface area contributed by atoms with E-state index in [9.17, 15) is 4.79 Å². The van der Waals surface area contributed by atoms with Crippen LogP contribution in [-0.4, -0.2) is 38.5 Å². The van der Waals surface area contributed by atoms with E-state index < -0.39 is 0 Å². The molecule has 0 N–H and O–H groups in total. The molecule has 0 aromatic rings. The van der Waals surface area contributed by atoms with Gasteiger partial charge in [0.25, 0.3) is 0 Å². The third-order valence-corrected chi connectivity index (χ3v) is 5.23. The molecule has 0 saturated carbocycles. The summed E-state index contributed by atoms with van der Waals surface area (Å²) >= 11 is 0. The van der Waals surface area contributed by atoms with E-state index in [1.165, 1.54) is 83.5 Å². The number of unbranched alkanes of at least 4 members (excludes halogenated alkanes) is 14. The molecule has 0 bridgehead atoms. The first-order chi connectivity index (χ1) is 13.8. The Labute approximate surface area is 172 Å². The van der Waals surface area contributed by atoms with Crippen LogP contribution in [0.4, 0.5) is 0 Å². The molecule has 0 radical (unpaired) electrons. The molecular formula is C23H44O5. The van der Waals surface area contributed by atoms with E-state index in [0.29, 0.717) is 26.2 Å². The first-order valence-corrected chi connectivity index (χ1v) is 11.8. The zero-order valence-corrected chi connectivity index (χ0v) is 18.3. The number of carbonyl (C=O) groups is 1. The van der Waals surface area contributed by atoms with E-state index >= 15 is 0 Å². The number of hydrogen-bond acceptors (Lipinski definition) is 5. The topological polar surface area (TPSA) is 54.0 Å². The lowest BCUT2D eigenvalue weighted by atomic mass is 10.0. The molecule has 0 aromatic carbocycles. The molecule has 0 aromatic heterocycles. The van der Waals surface area contributed by atoms with Gasteiger partial charge >= 0.3 is 5.97 Å². The Balaban J connectivity index is 1.76. The van der Waals surface area contributed by atoms with Gasteiger partial charge in [-0.2, -0.15) is 0 Å². The van der Waals surface area contributed by atoms with Gasteiger partial charge in [-0.05, 0) is 6.42 Å². The third-order valence-electron chi connectivity index (χ3n) is 5.23. The van der Waals surface area contributed by atoms with Crippen LogP contribution in [0.3, 0.4) is 0 Å². The van der Waals surface area contributed by atoms with Crippen molar-refractivity contribution >= 4 is 5.97 Å². The van der Waals surface area contributed by atoms with Crippen molar-refractivity contribution in [1.82, 2.24) is 0 Å². The van der Waals surface area contributed by atoms with E-state index in [4.69, 9.17) is 19.2 Å². The highest BCUT2D eigenvalue weighted by atomic mass is 17.2. The molecule has 1 aliphatic heterocycles. The van der Waals surface area contributed by atoms with Crippen molar-refractivity contribution < 1.29 is 24.0 Å². The number of rotatable bonds is 18. The standard InChI is InChI=1S/C23H44O5/c1-2-3-4-5-6-7-8-9-10-11-12-13-14-15-16-17-23(24)26-21-22-20-25-18-19-27-28-22/h22H,2-21H2,1H3. The van der Waals surface area contributed by atoms with Crippen molar-refractivity contribution in [3.05, 3.63) is 0 Å². The average molecular weight is 401 g/mol. The second kappa shape index (κ2) is 19.7. The van der Waals surface area contributed by atoms with Crippen LogP contribution >= 0.6 is 0 Å². The maximum atomic E-state index is 11.7. The minimum Gasteiger partial charge on any atom is -0.463 e. The highest BCUT2D eigenvalue weighted by Crippen LogP contribution is 2.14. The van der Waals surface area contributed by atoms with Gasteiger partial charge in [-0.1, -0.05) is 96.8 Å². The van der Waals surface area contributed by atoms with Gasteiger partial charge in [-0.15, -0.1) is 0 Å². The van der Waals surface area contributed by atoms with Crippen LogP contribution in [0.15, 0.2) is 0 Å². The number of hydrogen-bond donors (Lipinski definition) is 0. The molecule has 1 fully saturated rings. The summed E-state index contributed by atoms with van der Waals surface area (Å²) in [7, 11) is 0. The van der Waals surface area contributed by atoms with Crippen LogP contribution in [0.5, 0.6) is 0 Å². The van der Waals surface area contributed by atoms with Crippen molar-refractivity contribution in [2.24, 2.45) is 0 Å². The lowest BCUT2D eigenvalue weighted by Crippen LogP contribution is -2.25. The molecule has 5 heteroatoms. The van der Waals surface area contributed by atoms with Crippen LogP contribution in [0.2, 0.25) is 0 Å². The molecule has 5 nitrogen and oxygen atoms in total. The molecule has 1 atom stereocenters. The van der Waals surface area contributed by atoms with Gasteiger partial charge in [0.2, 0.25) is 0 Å². The van der Waals surface area contributed by atoms with Crippen LogP contribution in [0.25, 0.3) is 0 Å². The average Bonchev–Trinajstić information content (AvgIpc) is 2.98. The van der Waals surface area contributed by atoms with Gasteiger partial charge in [0, 0.05) is 6.42 Å². The van der Waals surface area contributed by atoms with Crippen molar-refractivity contribution in [1.29, 1.82) is 0 Å². The van der Waals surface area contributed by atoms with Gasteiger partial charge < -0.3 is 9.47 Å². The second-order valence-electron chi connectivity index (χ2n) is 8.00. The zero-order valence-electron chi connectivity index (χ0n) is 18.3. The van der Waals surface area contributed by atoms with Crippen molar-refractivity contribution in [2.75, 3.05) is 26.4 Å². The van der Waals surface area contributed by atoms with Gasteiger partial charge in [0.15, 0.2) is 6.10 Å². The van der Waals surface area contributed by atoms with Crippen molar-refractivity contribution in [3.63, 3.8) is 0 Å². The normalized spacial score (nSPS) is 17.4. The zero-order chi connectivity index (χ0) is 20.1. The lowest BCUT2D eigenvalue weighted by Gasteiger charge is -2.12. The Hall–Kier alpha value is -0.650. The summed E-state index contributed by atoms with van der Waals surface area (Å²) < 4.78 is 10.5. The number of esters is 1. The monoisotopic (exact) mass is 400 g/mol. The first kappa shape index (κ1) is 25.4. The van der Waals surface area contributed by atoms with Crippen LogP contribution in [0, 0.1) is 0 Å². The summed E-state index contributed by atoms with van der Waals surface area (Å²) in [6, 6.07) is 0. The Morgan fingerprint density at radius 3 is 1.89 bits per heavy atom. The van der Waals surface area contributed by atoms with Gasteiger partial charge in [0.1, 0.15) is 13.2 Å². The molecule has 0 amide bonds. The quantitative estimate of drug-likeness (QED) is 0.157. The lowest BCUT2D eigenvalue weighted by molar-refractivity contribution is -0.319. The second-order valence-corrected chi connectivity index (χ2v) is 8.00. The van der Waals surface area contributed by atoms with Gasteiger partial charge in [-0.25, -0.2) is 9.78 Å². The summed E-state index contributed by atoms with van der Waals surface area (Å²) in [6.07, 6.45) is 20.1. The predicted octanol–water partition coefficient (Wildman–Crippen LogP) is 6.14. The van der Waals surface area contributed by atoms with Crippen LogP contribution < -0.4 is 0 Å². The summed E-state index contributed by atoms with van der Waals surface area (Å²) in [5.41, 5.74) is 0. The fourth-order valence-corrected chi connectivity index (χ4v) is 3.45. The Morgan fingerprint density at radius 2 is 1.32 bits per heavy atom. The summed E-state index contributed by atoms with van der Waals surface area (Å²) in [6.45, 7) is 3.83. The fourth-order valence-electron chi connectivity index (χ4n) is 3.45. The smallest absolute Gasteiger partial charge is 0.305 e. The molecule has 0 spiro atoms. The number of carbonyl (C=O) groups excluding carboxylic acids is 1. The molecule has 1 rings (SSSR count). The SMILES string of the molecule is CCCCCCCCCCCCCCCCCC(=O)OCC1COCCOO1. The maximum absolute atomic E-state index is 11.7. The molecule has 1 aliphatic rings. The van der Waals surface area contributed by atoms with E-state index in [2.05, 4.69) is 6.92 Å². The Morgan fingerprint density at radius 1 is 0.786 bits per heavy atom. The predicted molar refractivity (Wildman–Crippen MR) is 112 cm³/mol. The summed E-state index contributed by atoms with van der Waals surface area (Å²) in [5.74, 6) is -0.150. The summed E-state index contributed by atoms with van der Waals surface area (Å²) in [4.78, 5) is 21.7. The molecular weight excluding hydrogens is 356 g/mol. The van der Waals surface area contributed by atoms with Gasteiger partial charge in [0.05, 0.1) is 13.2 Å². The minimum absolute atomic E-state index is 0.150. The van der Waals surface area contributed by atoms with E-state index in [-0.39, 0.29) is 18.7 Å². The summed E-state index contributed by atoms with van der Waals surface area (Å²) in [5, 5.41) is 0. The largest absolute Gasteiger partial charge is 0.463 e. The minimum atomic E-state index is -0.312. The molecule has 166 valence electrons. The van der Waals surface area contributed by atoms with Crippen LogP contribution in [0.1, 0.15) is 110 Å². The first-order valence-electron chi connectivity index (χ1n) is 11.8. The number of ether oxygens (including phenoxy) is 2. The third kappa shape index (κ3) is 16.3. The maximum Gasteiger partial charge on any atom is 0.305 e. The molecule has 1 saturated heterocycles. The molecule has 1 unspecified atom stereocenters. The molecule has 1 heterocycles. The Kier molecular flexibility index (Phi) is 17.8. The van der Waals surface area contributed by atoms with E-state index in [1.54, 1.807) is 0 Å². The van der Waals surface area contributed by atoms with Gasteiger partial charge in [-0.3, -0.25) is 4.79 Å². The highest BCUT2D eigenvalue weighted by molar-refractivity contribution is 5.69. The molecule has 28 heavy (non-hydrogen) atoms. The van der Waals surface area contributed by atoms with E-state index in [1.807, 2.05) is 0 Å². The van der Waals surface area contributed by atoms with Crippen LogP contribution in [-0.2, 0) is 24.0 Å². The molecule has 0 aliphatic carbocycles. The van der Waals surface area contributed by atoms with Crippen molar-refractivity contribution in [2.45, 2.75) is 116 Å².